The number of hydrogen-bond donors (Lipinski definition) is 0. The highest BCUT2D eigenvalue weighted by molar-refractivity contribution is 5.96. The molecule has 0 bridgehead atoms. The molecule has 10 nitrogen and oxygen atoms in total. The maximum absolute atomic E-state index is 15.3. The van der Waals surface area contributed by atoms with Gasteiger partial charge >= 0.3 is 6.16 Å². The molecule has 0 saturated heterocycles. The van der Waals surface area contributed by atoms with Crippen LogP contribution in [0.5, 0.6) is 11.5 Å². The predicted molar refractivity (Wildman–Crippen MR) is 128 cm³/mol. The van der Waals surface area contributed by atoms with Gasteiger partial charge in [-0.15, -0.1) is 0 Å². The molecule has 2 aliphatic heterocycles. The van der Waals surface area contributed by atoms with Crippen LogP contribution in [0, 0.1) is 17.5 Å². The van der Waals surface area contributed by atoms with Gasteiger partial charge in [0.1, 0.15) is 23.8 Å². The van der Waals surface area contributed by atoms with E-state index >= 15 is 4.39 Å². The summed E-state index contributed by atoms with van der Waals surface area (Å²) in [6, 6.07) is 7.52. The number of methoxy groups -OCH3 is 1. The Balaban J connectivity index is 1.75. The van der Waals surface area contributed by atoms with Crippen LogP contribution in [-0.4, -0.2) is 55.4 Å². The molecule has 13 heteroatoms. The number of amides is 1. The lowest BCUT2D eigenvalue weighted by Crippen LogP contribution is -2.62. The molecule has 2 aromatic carbocycles. The molecule has 0 saturated carbocycles. The fraction of sp³-hybridized carbons (Fsp3) is 0.269. The number of halogens is 3. The molecule has 204 valence electrons. The molecule has 2 aliphatic rings. The van der Waals surface area contributed by atoms with Crippen molar-refractivity contribution in [1.29, 1.82) is 0 Å². The minimum absolute atomic E-state index is 0.00666. The standard InChI is InChI=1S/C26H22F3N3O7/c1-30-21-8-10-37-20-12-18(29)17(28)11-15(20)22(14-5-3-4-6-16(14)27)32(21)31-9-7-19(33)24(23(31)25(30)34)38-13-39-26(35)36-2/h3-7,9,11-12,21-22H,8,10,13H2,1-2H3/t21-,22+/m0/s1. The van der Waals surface area contributed by atoms with Gasteiger partial charge in [-0.2, -0.15) is 0 Å². The van der Waals surface area contributed by atoms with Crippen LogP contribution in [0.1, 0.15) is 34.1 Å². The average molecular weight is 545 g/mol. The Morgan fingerprint density at radius 1 is 1.05 bits per heavy atom. The largest absolute Gasteiger partial charge is 0.510 e. The molecule has 0 N–H and O–H groups in total. The summed E-state index contributed by atoms with van der Waals surface area (Å²) < 4.78 is 65.8. The van der Waals surface area contributed by atoms with Gasteiger partial charge in [-0.1, -0.05) is 18.2 Å². The molecule has 1 aromatic heterocycles. The van der Waals surface area contributed by atoms with Crippen molar-refractivity contribution in [3.8, 4) is 11.5 Å². The Bertz CT molecular complexity index is 1510. The number of nitrogens with zero attached hydrogens (tertiary/aromatic N) is 3. The minimum atomic E-state index is -1.18. The highest BCUT2D eigenvalue weighted by Crippen LogP contribution is 2.42. The number of carbonyl (C=O) groups is 2. The Hall–Kier alpha value is -4.68. The van der Waals surface area contributed by atoms with E-state index in [1.54, 1.807) is 11.1 Å². The maximum atomic E-state index is 15.3. The van der Waals surface area contributed by atoms with Crippen LogP contribution in [0.15, 0.2) is 53.5 Å². The minimum Gasteiger partial charge on any atom is -0.493 e. The second-order valence-electron chi connectivity index (χ2n) is 8.70. The Labute approximate surface area is 219 Å². The summed E-state index contributed by atoms with van der Waals surface area (Å²) in [7, 11) is 2.56. The molecule has 0 spiro atoms. The molecular weight excluding hydrogens is 523 g/mol. The van der Waals surface area contributed by atoms with E-state index in [0.717, 1.165) is 25.3 Å². The lowest BCUT2D eigenvalue weighted by Gasteiger charge is -2.50. The number of hydrogen-bond acceptors (Lipinski definition) is 8. The van der Waals surface area contributed by atoms with E-state index < -0.39 is 59.7 Å². The van der Waals surface area contributed by atoms with Gasteiger partial charge in [-0.05, 0) is 12.1 Å². The van der Waals surface area contributed by atoms with E-state index in [0.29, 0.717) is 0 Å². The van der Waals surface area contributed by atoms with E-state index in [-0.39, 0.29) is 35.6 Å². The summed E-state index contributed by atoms with van der Waals surface area (Å²) in [6.07, 6.45) is -0.367. The summed E-state index contributed by atoms with van der Waals surface area (Å²) in [6.45, 7) is -0.732. The van der Waals surface area contributed by atoms with Crippen LogP contribution in [0.4, 0.5) is 18.0 Å². The Kier molecular flexibility index (Phi) is 6.81. The molecule has 39 heavy (non-hydrogen) atoms. The van der Waals surface area contributed by atoms with Gasteiger partial charge in [0.05, 0.1) is 13.7 Å². The molecule has 3 heterocycles. The third-order valence-electron chi connectivity index (χ3n) is 6.55. The van der Waals surface area contributed by atoms with Crippen LogP contribution in [-0.2, 0) is 9.47 Å². The molecule has 0 fully saturated rings. The van der Waals surface area contributed by atoms with Crippen molar-refractivity contribution in [2.75, 3.05) is 32.6 Å². The maximum Gasteiger partial charge on any atom is 0.510 e. The molecule has 5 rings (SSSR count). The van der Waals surface area contributed by atoms with Crippen LogP contribution in [0.2, 0.25) is 0 Å². The number of aromatic nitrogens is 1. The van der Waals surface area contributed by atoms with Crippen molar-refractivity contribution in [3.63, 3.8) is 0 Å². The highest BCUT2D eigenvalue weighted by atomic mass is 19.2. The van der Waals surface area contributed by atoms with Gasteiger partial charge < -0.3 is 23.8 Å². The number of ether oxygens (including phenoxy) is 4. The molecule has 0 unspecified atom stereocenters. The molecular formula is C26H22F3N3O7. The third kappa shape index (κ3) is 4.49. The van der Waals surface area contributed by atoms with Crippen molar-refractivity contribution in [2.24, 2.45) is 0 Å². The van der Waals surface area contributed by atoms with E-state index in [2.05, 4.69) is 4.74 Å². The van der Waals surface area contributed by atoms with E-state index in [9.17, 15) is 23.2 Å². The van der Waals surface area contributed by atoms with E-state index in [4.69, 9.17) is 14.2 Å². The first-order valence-electron chi connectivity index (χ1n) is 11.7. The zero-order valence-electron chi connectivity index (χ0n) is 20.7. The van der Waals surface area contributed by atoms with Gasteiger partial charge in [0, 0.05) is 42.9 Å². The number of carbonyl (C=O) groups excluding carboxylic acids is 2. The first kappa shape index (κ1) is 25.9. The fourth-order valence-corrected chi connectivity index (χ4v) is 4.78. The van der Waals surface area contributed by atoms with Crippen molar-refractivity contribution < 1.29 is 41.7 Å². The van der Waals surface area contributed by atoms with Gasteiger partial charge in [0.2, 0.25) is 18.0 Å². The number of benzene rings is 2. The highest BCUT2D eigenvalue weighted by Gasteiger charge is 2.44. The smallest absolute Gasteiger partial charge is 0.493 e. The van der Waals surface area contributed by atoms with Crippen LogP contribution >= 0.6 is 0 Å². The fourth-order valence-electron chi connectivity index (χ4n) is 4.78. The molecule has 1 amide bonds. The number of pyridine rings is 1. The topological polar surface area (TPSA) is 99.5 Å². The predicted octanol–water partition coefficient (Wildman–Crippen LogP) is 3.31. The summed E-state index contributed by atoms with van der Waals surface area (Å²) in [5, 5.41) is 1.57. The Morgan fingerprint density at radius 2 is 1.79 bits per heavy atom. The first-order chi connectivity index (χ1) is 18.7. The van der Waals surface area contributed by atoms with Crippen LogP contribution in [0.3, 0.4) is 0 Å². The van der Waals surface area contributed by atoms with Crippen molar-refractivity contribution >= 4 is 12.1 Å². The van der Waals surface area contributed by atoms with Crippen LogP contribution in [0.25, 0.3) is 0 Å². The lowest BCUT2D eigenvalue weighted by atomic mass is 9.94. The summed E-state index contributed by atoms with van der Waals surface area (Å²) in [5.41, 5.74) is -0.778. The van der Waals surface area contributed by atoms with E-state index in [1.165, 1.54) is 41.0 Å². The summed E-state index contributed by atoms with van der Waals surface area (Å²) >= 11 is 0. The molecule has 3 aromatic rings. The molecule has 0 aliphatic carbocycles. The van der Waals surface area contributed by atoms with Gasteiger partial charge in [-0.25, -0.2) is 18.0 Å². The van der Waals surface area contributed by atoms with Crippen molar-refractivity contribution in [1.82, 2.24) is 9.58 Å². The monoisotopic (exact) mass is 545 g/mol. The third-order valence-corrected chi connectivity index (χ3v) is 6.55. The first-order valence-corrected chi connectivity index (χ1v) is 11.7. The SMILES string of the molecule is COC(=O)OCOc1c2n(ccc1=O)N1[C@H](c3ccccc3F)c3cc(F)c(F)cc3OCC[C@H]1N(C)C2=O. The van der Waals surface area contributed by atoms with Crippen molar-refractivity contribution in [3.05, 3.63) is 93.2 Å². The zero-order chi connectivity index (χ0) is 27.8. The van der Waals surface area contributed by atoms with Gasteiger partial charge in [0.15, 0.2) is 17.3 Å². The zero-order valence-corrected chi connectivity index (χ0v) is 20.7. The normalized spacial score (nSPS) is 18.1. The average Bonchev–Trinajstić information content (AvgIpc) is 2.91. The summed E-state index contributed by atoms with van der Waals surface area (Å²) in [4.78, 5) is 39.0. The second-order valence-corrected chi connectivity index (χ2v) is 8.70. The van der Waals surface area contributed by atoms with Gasteiger partial charge in [-0.3, -0.25) is 19.3 Å². The van der Waals surface area contributed by atoms with E-state index in [1.807, 2.05) is 0 Å². The number of rotatable bonds is 4. The quantitative estimate of drug-likeness (QED) is 0.364. The second kappa shape index (κ2) is 10.2. The lowest BCUT2D eigenvalue weighted by molar-refractivity contribution is 0.0131. The summed E-state index contributed by atoms with van der Waals surface area (Å²) in [5.74, 6) is -4.04. The van der Waals surface area contributed by atoms with Crippen LogP contribution < -0.4 is 19.9 Å². The Morgan fingerprint density at radius 3 is 2.54 bits per heavy atom. The number of fused-ring (bicyclic) bond motifs is 4. The molecule has 0 radical (unpaired) electrons. The van der Waals surface area contributed by atoms with Gasteiger partial charge in [0.25, 0.3) is 5.91 Å². The van der Waals surface area contributed by atoms with Crippen molar-refractivity contribution in [2.45, 2.75) is 18.6 Å². The molecule has 2 atom stereocenters.